The van der Waals surface area contributed by atoms with Crippen molar-refractivity contribution in [2.45, 2.75) is 11.7 Å². The van der Waals surface area contributed by atoms with Crippen LogP contribution in [0.25, 0.3) is 5.69 Å². The number of amides is 1. The summed E-state index contributed by atoms with van der Waals surface area (Å²) in [5, 5.41) is 15.2. The van der Waals surface area contributed by atoms with Crippen molar-refractivity contribution >= 4 is 23.4 Å². The Bertz CT molecular complexity index is 987. The fraction of sp³-hybridized carbons (Fsp3) is 0.333. The maximum Gasteiger partial charge on any atom is 0.234 e. The first-order chi connectivity index (χ1) is 15.2. The van der Waals surface area contributed by atoms with E-state index in [0.29, 0.717) is 5.16 Å². The van der Waals surface area contributed by atoms with Crippen molar-refractivity contribution in [3.05, 3.63) is 54.1 Å². The number of nitrogens with zero attached hydrogens (tertiary/aromatic N) is 5. The summed E-state index contributed by atoms with van der Waals surface area (Å²) in [6, 6.07) is 15.3. The number of benzene rings is 2. The standard InChI is InChI=1S/C21H24N6O3S/c1-29-19-8-6-18(7-9-19)27-21(23-24-25-27)31-15-20(28)22-17-4-2-16(3-5-17)14-26-10-12-30-13-11-26/h2-9H,10-15H2,1H3,(H,22,28). The largest absolute Gasteiger partial charge is 0.497 e. The van der Waals surface area contributed by atoms with Gasteiger partial charge in [-0.25, -0.2) is 0 Å². The molecule has 1 amide bonds. The third-order valence-electron chi connectivity index (χ3n) is 4.84. The minimum atomic E-state index is -0.116. The van der Waals surface area contributed by atoms with Crippen LogP contribution in [0.1, 0.15) is 5.56 Å². The maximum atomic E-state index is 12.4. The molecule has 0 unspecified atom stereocenters. The average Bonchev–Trinajstić information content (AvgIpc) is 3.28. The molecule has 0 atom stereocenters. The second-order valence-corrected chi connectivity index (χ2v) is 7.94. The molecule has 2 aromatic carbocycles. The van der Waals surface area contributed by atoms with Gasteiger partial charge in [-0.15, -0.1) is 5.10 Å². The van der Waals surface area contributed by atoms with E-state index < -0.39 is 0 Å². The molecule has 0 aliphatic carbocycles. The first-order valence-electron chi connectivity index (χ1n) is 9.96. The van der Waals surface area contributed by atoms with Gasteiger partial charge in [0.2, 0.25) is 11.1 Å². The number of hydrogen-bond acceptors (Lipinski definition) is 8. The second-order valence-electron chi connectivity index (χ2n) is 6.99. The topological polar surface area (TPSA) is 94.4 Å². The maximum absolute atomic E-state index is 12.4. The van der Waals surface area contributed by atoms with Crippen molar-refractivity contribution in [2.75, 3.05) is 44.5 Å². The van der Waals surface area contributed by atoms with Crippen LogP contribution in [0.2, 0.25) is 0 Å². The summed E-state index contributed by atoms with van der Waals surface area (Å²) in [5.41, 5.74) is 2.78. The molecule has 31 heavy (non-hydrogen) atoms. The first-order valence-corrected chi connectivity index (χ1v) is 10.9. The molecule has 9 nitrogen and oxygen atoms in total. The number of aromatic nitrogens is 4. The van der Waals surface area contributed by atoms with Gasteiger partial charge in [-0.1, -0.05) is 23.9 Å². The van der Waals surface area contributed by atoms with Crippen LogP contribution < -0.4 is 10.1 Å². The van der Waals surface area contributed by atoms with Crippen molar-refractivity contribution in [3.63, 3.8) is 0 Å². The fourth-order valence-electron chi connectivity index (χ4n) is 3.19. The molecule has 10 heteroatoms. The Morgan fingerprint density at radius 2 is 1.87 bits per heavy atom. The highest BCUT2D eigenvalue weighted by molar-refractivity contribution is 7.99. The zero-order chi connectivity index (χ0) is 21.5. The number of tetrazole rings is 1. The summed E-state index contributed by atoms with van der Waals surface area (Å²) >= 11 is 1.28. The number of ether oxygens (including phenoxy) is 2. The van der Waals surface area contributed by atoms with Gasteiger partial charge in [0.15, 0.2) is 0 Å². The number of thioether (sulfide) groups is 1. The van der Waals surface area contributed by atoms with Gasteiger partial charge in [-0.3, -0.25) is 9.69 Å². The zero-order valence-corrected chi connectivity index (χ0v) is 18.0. The molecule has 0 spiro atoms. The van der Waals surface area contributed by atoms with E-state index in [-0.39, 0.29) is 11.7 Å². The molecular formula is C21H24N6O3S. The molecule has 0 radical (unpaired) electrons. The molecule has 1 saturated heterocycles. The predicted molar refractivity (Wildman–Crippen MR) is 118 cm³/mol. The Kier molecular flexibility index (Phi) is 7.13. The number of carbonyl (C=O) groups is 1. The van der Waals surface area contributed by atoms with E-state index in [4.69, 9.17) is 9.47 Å². The van der Waals surface area contributed by atoms with Crippen LogP contribution in [0.5, 0.6) is 5.75 Å². The van der Waals surface area contributed by atoms with E-state index in [9.17, 15) is 4.79 Å². The van der Waals surface area contributed by atoms with Gasteiger partial charge in [-0.05, 0) is 52.4 Å². The van der Waals surface area contributed by atoms with Gasteiger partial charge in [-0.2, -0.15) is 4.68 Å². The molecule has 3 aromatic rings. The van der Waals surface area contributed by atoms with Crippen molar-refractivity contribution in [1.82, 2.24) is 25.1 Å². The summed E-state index contributed by atoms with van der Waals surface area (Å²) in [5.74, 6) is 0.836. The molecule has 1 aliphatic rings. The van der Waals surface area contributed by atoms with Crippen LogP contribution in [-0.4, -0.2) is 70.2 Å². The lowest BCUT2D eigenvalue weighted by Crippen LogP contribution is -2.35. The van der Waals surface area contributed by atoms with Gasteiger partial charge < -0.3 is 14.8 Å². The molecule has 1 aromatic heterocycles. The molecule has 0 bridgehead atoms. The first kappa shape index (κ1) is 21.3. The number of nitrogens with one attached hydrogen (secondary N) is 1. The van der Waals surface area contributed by atoms with Crippen LogP contribution in [0, 0.1) is 0 Å². The minimum Gasteiger partial charge on any atom is -0.497 e. The fourth-order valence-corrected chi connectivity index (χ4v) is 3.88. The second kappa shape index (κ2) is 10.4. The molecule has 2 heterocycles. The smallest absolute Gasteiger partial charge is 0.234 e. The Morgan fingerprint density at radius 1 is 1.13 bits per heavy atom. The van der Waals surface area contributed by atoms with Gasteiger partial charge in [0, 0.05) is 25.3 Å². The molecule has 162 valence electrons. The van der Waals surface area contributed by atoms with Crippen LogP contribution in [0.15, 0.2) is 53.7 Å². The predicted octanol–water partition coefficient (Wildman–Crippen LogP) is 2.23. The minimum absolute atomic E-state index is 0.116. The zero-order valence-electron chi connectivity index (χ0n) is 17.2. The Labute approximate surface area is 184 Å². The van der Waals surface area contributed by atoms with Gasteiger partial charge >= 0.3 is 0 Å². The lowest BCUT2D eigenvalue weighted by molar-refractivity contribution is -0.113. The number of hydrogen-bond donors (Lipinski definition) is 1. The van der Waals surface area contributed by atoms with E-state index in [1.54, 1.807) is 11.8 Å². The van der Waals surface area contributed by atoms with E-state index in [2.05, 4.69) is 25.7 Å². The van der Waals surface area contributed by atoms with Crippen LogP contribution in [0.4, 0.5) is 5.69 Å². The average molecular weight is 441 g/mol. The number of methoxy groups -OCH3 is 1. The van der Waals surface area contributed by atoms with Gasteiger partial charge in [0.05, 0.1) is 31.8 Å². The Morgan fingerprint density at radius 3 is 2.58 bits per heavy atom. The van der Waals surface area contributed by atoms with Crippen molar-refractivity contribution in [1.29, 1.82) is 0 Å². The highest BCUT2D eigenvalue weighted by Crippen LogP contribution is 2.21. The Balaban J connectivity index is 1.29. The molecule has 1 N–H and O–H groups in total. The highest BCUT2D eigenvalue weighted by Gasteiger charge is 2.13. The molecule has 0 saturated carbocycles. The van der Waals surface area contributed by atoms with Crippen molar-refractivity contribution in [3.8, 4) is 11.4 Å². The van der Waals surface area contributed by atoms with Crippen molar-refractivity contribution < 1.29 is 14.3 Å². The number of anilines is 1. The highest BCUT2D eigenvalue weighted by atomic mass is 32.2. The SMILES string of the molecule is COc1ccc(-n2nnnc2SCC(=O)Nc2ccc(CN3CCOCC3)cc2)cc1. The molecule has 1 aliphatic heterocycles. The summed E-state index contributed by atoms with van der Waals surface area (Å²) in [4.78, 5) is 14.8. The van der Waals surface area contributed by atoms with E-state index in [1.807, 2.05) is 48.5 Å². The third-order valence-corrected chi connectivity index (χ3v) is 5.76. The molecule has 4 rings (SSSR count). The monoisotopic (exact) mass is 440 g/mol. The summed E-state index contributed by atoms with van der Waals surface area (Å²) in [6.07, 6.45) is 0. The Hall–Kier alpha value is -2.95. The summed E-state index contributed by atoms with van der Waals surface area (Å²) in [6.45, 7) is 4.36. The lowest BCUT2D eigenvalue weighted by atomic mass is 10.2. The van der Waals surface area contributed by atoms with Crippen LogP contribution >= 0.6 is 11.8 Å². The number of morpholine rings is 1. The molecular weight excluding hydrogens is 416 g/mol. The third kappa shape index (κ3) is 5.81. The van der Waals surface area contributed by atoms with Crippen LogP contribution in [-0.2, 0) is 16.1 Å². The summed E-state index contributed by atoms with van der Waals surface area (Å²) < 4.78 is 12.1. The number of carbonyl (C=O) groups excluding carboxylic acids is 1. The normalized spacial score (nSPS) is 14.4. The van der Waals surface area contributed by atoms with Gasteiger partial charge in [0.25, 0.3) is 0 Å². The number of rotatable bonds is 8. The quantitative estimate of drug-likeness (QED) is 0.533. The van der Waals surface area contributed by atoms with Crippen LogP contribution in [0.3, 0.4) is 0 Å². The summed E-state index contributed by atoms with van der Waals surface area (Å²) in [7, 11) is 1.61. The van der Waals surface area contributed by atoms with E-state index in [1.165, 1.54) is 17.3 Å². The van der Waals surface area contributed by atoms with E-state index in [0.717, 1.165) is 50.0 Å². The molecule has 1 fully saturated rings. The lowest BCUT2D eigenvalue weighted by Gasteiger charge is -2.26. The van der Waals surface area contributed by atoms with Crippen molar-refractivity contribution in [2.24, 2.45) is 0 Å². The van der Waals surface area contributed by atoms with Gasteiger partial charge in [0.1, 0.15) is 5.75 Å². The van der Waals surface area contributed by atoms with E-state index >= 15 is 0 Å².